The molecule has 0 heterocycles. The zero-order valence-corrected chi connectivity index (χ0v) is 12.3. The number of carboxylic acids is 1. The molecule has 2 rings (SSSR count). The molecule has 0 atom stereocenters. The van der Waals surface area contributed by atoms with Gasteiger partial charge in [-0.25, -0.2) is 22.0 Å². The molecule has 2 N–H and O–H groups in total. The highest BCUT2D eigenvalue weighted by Crippen LogP contribution is 2.26. The Kier molecular flexibility index (Phi) is 4.34. The normalized spacial score (nSPS) is 11.2. The Bertz CT molecular complexity index is 855. The van der Waals surface area contributed by atoms with Crippen molar-refractivity contribution in [3.05, 3.63) is 58.6 Å². The van der Waals surface area contributed by atoms with Gasteiger partial charge in [-0.05, 0) is 36.4 Å². The number of carboxylic acid groups (broad SMARTS) is 1. The van der Waals surface area contributed by atoms with Crippen molar-refractivity contribution in [2.45, 2.75) is 4.90 Å². The van der Waals surface area contributed by atoms with Gasteiger partial charge in [0.05, 0.1) is 21.2 Å². The summed E-state index contributed by atoms with van der Waals surface area (Å²) in [6.07, 6.45) is 0. The predicted octanol–water partition coefficient (Wildman–Crippen LogP) is 3.12. The maximum Gasteiger partial charge on any atom is 0.338 e. The Balaban J connectivity index is 2.42. The van der Waals surface area contributed by atoms with Gasteiger partial charge in [0.15, 0.2) is 0 Å². The maximum absolute atomic E-state index is 13.3. The van der Waals surface area contributed by atoms with Crippen molar-refractivity contribution in [3.8, 4) is 0 Å². The molecule has 0 fully saturated rings. The van der Waals surface area contributed by atoms with Crippen LogP contribution in [0.15, 0.2) is 41.3 Å². The van der Waals surface area contributed by atoms with Crippen molar-refractivity contribution in [3.63, 3.8) is 0 Å². The molecule has 2 aromatic rings. The summed E-state index contributed by atoms with van der Waals surface area (Å²) in [7, 11) is -4.21. The van der Waals surface area contributed by atoms with E-state index in [1.165, 1.54) is 0 Å². The molecule has 0 saturated heterocycles. The zero-order valence-electron chi connectivity index (χ0n) is 10.7. The van der Waals surface area contributed by atoms with E-state index in [4.69, 9.17) is 16.7 Å². The molecular formula is C13H8ClF2NO4S. The van der Waals surface area contributed by atoms with Crippen LogP contribution in [0.2, 0.25) is 5.02 Å². The van der Waals surface area contributed by atoms with Crippen molar-refractivity contribution < 1.29 is 27.1 Å². The van der Waals surface area contributed by atoms with Crippen LogP contribution in [0.1, 0.15) is 10.4 Å². The lowest BCUT2D eigenvalue weighted by molar-refractivity contribution is 0.0691. The topological polar surface area (TPSA) is 83.5 Å². The molecule has 0 aromatic heterocycles. The molecule has 0 unspecified atom stereocenters. The van der Waals surface area contributed by atoms with Crippen LogP contribution in [-0.4, -0.2) is 19.5 Å². The summed E-state index contributed by atoms with van der Waals surface area (Å²) in [5.74, 6) is -3.32. The summed E-state index contributed by atoms with van der Waals surface area (Å²) >= 11 is 5.71. The lowest BCUT2D eigenvalue weighted by atomic mass is 10.2. The van der Waals surface area contributed by atoms with Crippen LogP contribution >= 0.6 is 11.6 Å². The monoisotopic (exact) mass is 347 g/mol. The van der Waals surface area contributed by atoms with Crippen LogP contribution in [0.4, 0.5) is 14.5 Å². The van der Waals surface area contributed by atoms with Crippen LogP contribution in [-0.2, 0) is 10.0 Å². The fraction of sp³-hybridized carbons (Fsp3) is 0. The number of rotatable bonds is 4. The highest BCUT2D eigenvalue weighted by atomic mass is 35.5. The van der Waals surface area contributed by atoms with E-state index in [1.807, 2.05) is 0 Å². The minimum atomic E-state index is -4.21. The van der Waals surface area contributed by atoms with E-state index in [-0.39, 0.29) is 10.7 Å². The van der Waals surface area contributed by atoms with Crippen LogP contribution in [0.25, 0.3) is 0 Å². The third-order valence-electron chi connectivity index (χ3n) is 2.65. The minimum absolute atomic E-state index is 0.0933. The second kappa shape index (κ2) is 5.90. The van der Waals surface area contributed by atoms with E-state index in [0.717, 1.165) is 30.3 Å². The Morgan fingerprint density at radius 2 is 1.82 bits per heavy atom. The number of sulfonamides is 1. The van der Waals surface area contributed by atoms with Crippen molar-refractivity contribution in [1.82, 2.24) is 0 Å². The Morgan fingerprint density at radius 1 is 1.14 bits per heavy atom. The first-order chi connectivity index (χ1) is 10.2. The van der Waals surface area contributed by atoms with Crippen molar-refractivity contribution in [2.24, 2.45) is 0 Å². The van der Waals surface area contributed by atoms with Gasteiger partial charge in [-0.15, -0.1) is 0 Å². The number of benzene rings is 2. The third kappa shape index (κ3) is 3.34. The third-order valence-corrected chi connectivity index (χ3v) is 4.33. The predicted molar refractivity (Wildman–Crippen MR) is 75.6 cm³/mol. The molecule has 0 saturated carbocycles. The minimum Gasteiger partial charge on any atom is -0.478 e. The summed E-state index contributed by atoms with van der Waals surface area (Å²) in [5.41, 5.74) is -0.877. The average Bonchev–Trinajstić information content (AvgIpc) is 2.42. The van der Waals surface area contributed by atoms with Gasteiger partial charge in [0.1, 0.15) is 11.6 Å². The molecule has 0 radical (unpaired) electrons. The molecule has 0 bridgehead atoms. The zero-order chi connectivity index (χ0) is 16.5. The number of carbonyl (C=O) groups is 1. The van der Waals surface area contributed by atoms with Crippen LogP contribution in [0.3, 0.4) is 0 Å². The van der Waals surface area contributed by atoms with E-state index in [1.54, 1.807) is 0 Å². The highest BCUT2D eigenvalue weighted by Gasteiger charge is 2.20. The number of aromatic carboxylic acids is 1. The van der Waals surface area contributed by atoms with E-state index in [9.17, 15) is 22.0 Å². The molecule has 9 heteroatoms. The number of hydrogen-bond donors (Lipinski definition) is 2. The van der Waals surface area contributed by atoms with Gasteiger partial charge >= 0.3 is 5.97 Å². The Hall–Kier alpha value is -2.19. The van der Waals surface area contributed by atoms with Gasteiger partial charge in [-0.3, -0.25) is 4.72 Å². The molecule has 0 aliphatic rings. The molecule has 2 aromatic carbocycles. The van der Waals surface area contributed by atoms with Gasteiger partial charge in [0.2, 0.25) is 0 Å². The summed E-state index contributed by atoms with van der Waals surface area (Å²) in [5, 5.41) is 8.63. The van der Waals surface area contributed by atoms with Crippen molar-refractivity contribution >= 4 is 33.3 Å². The quantitative estimate of drug-likeness (QED) is 0.890. The smallest absolute Gasteiger partial charge is 0.338 e. The van der Waals surface area contributed by atoms with Crippen LogP contribution < -0.4 is 4.72 Å². The first-order valence-electron chi connectivity index (χ1n) is 5.71. The van der Waals surface area contributed by atoms with Gasteiger partial charge in [0, 0.05) is 0 Å². The molecule has 116 valence electrons. The second-order valence-electron chi connectivity index (χ2n) is 4.18. The molecule has 0 amide bonds. The summed E-state index contributed by atoms with van der Waals surface area (Å²) in [6.45, 7) is 0. The molecule has 0 aliphatic heterocycles. The molecule has 0 spiro atoms. The first-order valence-corrected chi connectivity index (χ1v) is 7.57. The van der Waals surface area contributed by atoms with E-state index < -0.39 is 38.1 Å². The van der Waals surface area contributed by atoms with E-state index >= 15 is 0 Å². The summed E-state index contributed by atoms with van der Waals surface area (Å²) < 4.78 is 52.6. The lowest BCUT2D eigenvalue weighted by Gasteiger charge is -2.10. The van der Waals surface area contributed by atoms with E-state index in [0.29, 0.717) is 6.07 Å². The Morgan fingerprint density at radius 3 is 2.41 bits per heavy atom. The molecule has 22 heavy (non-hydrogen) atoms. The van der Waals surface area contributed by atoms with E-state index in [2.05, 4.69) is 4.72 Å². The van der Waals surface area contributed by atoms with Crippen LogP contribution in [0, 0.1) is 11.6 Å². The van der Waals surface area contributed by atoms with Crippen LogP contribution in [0.5, 0.6) is 0 Å². The standard InChI is InChI=1S/C13H8ClF2NO4S/c14-10-5-7(15)1-4-12(10)17-22(20,21)8-2-3-11(16)9(6-8)13(18)19/h1-6,17H,(H,18,19). The van der Waals surface area contributed by atoms with Gasteiger partial charge < -0.3 is 5.11 Å². The highest BCUT2D eigenvalue weighted by molar-refractivity contribution is 7.92. The summed E-state index contributed by atoms with van der Waals surface area (Å²) in [4.78, 5) is 10.4. The van der Waals surface area contributed by atoms with Gasteiger partial charge in [-0.2, -0.15) is 0 Å². The first kappa shape index (κ1) is 16.2. The van der Waals surface area contributed by atoms with Crippen molar-refractivity contribution in [1.29, 1.82) is 0 Å². The number of halogens is 3. The fourth-order valence-electron chi connectivity index (χ4n) is 1.61. The second-order valence-corrected chi connectivity index (χ2v) is 6.27. The Labute approximate surface area is 129 Å². The SMILES string of the molecule is O=C(O)c1cc(S(=O)(=O)Nc2ccc(F)cc2Cl)ccc1F. The molecular weight excluding hydrogens is 340 g/mol. The van der Waals surface area contributed by atoms with Crippen molar-refractivity contribution in [2.75, 3.05) is 4.72 Å². The fourth-order valence-corrected chi connectivity index (χ4v) is 2.99. The maximum atomic E-state index is 13.3. The summed E-state index contributed by atoms with van der Waals surface area (Å²) in [6, 6.07) is 5.32. The largest absolute Gasteiger partial charge is 0.478 e. The average molecular weight is 348 g/mol. The van der Waals surface area contributed by atoms with Gasteiger partial charge in [0.25, 0.3) is 10.0 Å². The number of hydrogen-bond acceptors (Lipinski definition) is 3. The molecule has 5 nitrogen and oxygen atoms in total. The molecule has 0 aliphatic carbocycles. The number of nitrogens with one attached hydrogen (secondary N) is 1. The van der Waals surface area contributed by atoms with Gasteiger partial charge in [-0.1, -0.05) is 11.6 Å². The lowest BCUT2D eigenvalue weighted by Crippen LogP contribution is -2.14. The number of anilines is 1.